The molecule has 0 aromatic heterocycles. The van der Waals surface area contributed by atoms with Gasteiger partial charge in [-0.1, -0.05) is 49.5 Å². The first-order valence-electron chi connectivity index (χ1n) is 5.07. The van der Waals surface area contributed by atoms with Gasteiger partial charge in [0.1, 0.15) is 11.9 Å². The number of hydrogen-bond donors (Lipinski definition) is 1. The third kappa shape index (κ3) is 2.94. The average molecular weight is 394 g/mol. The largest absolute Gasteiger partial charge is 0.384 e. The first-order valence-corrected chi connectivity index (χ1v) is 7.03. The molecule has 1 unspecified atom stereocenters. The lowest BCUT2D eigenvalue weighted by atomic mass is 10.0. The fourth-order valence-electron chi connectivity index (χ4n) is 1.61. The molecule has 1 N–H and O–H groups in total. The van der Waals surface area contributed by atoms with Crippen LogP contribution in [-0.2, 0) is 0 Å². The van der Waals surface area contributed by atoms with Gasteiger partial charge in [0.2, 0.25) is 0 Å². The molecular weight excluding hydrogens is 386 g/mol. The van der Waals surface area contributed by atoms with Crippen LogP contribution in [0.3, 0.4) is 0 Å². The minimum absolute atomic E-state index is 0.203. The van der Waals surface area contributed by atoms with Crippen molar-refractivity contribution in [2.24, 2.45) is 0 Å². The molecule has 1 nitrogen and oxygen atoms in total. The van der Waals surface area contributed by atoms with Crippen molar-refractivity contribution in [1.29, 1.82) is 0 Å². The summed E-state index contributed by atoms with van der Waals surface area (Å²) < 4.78 is 14.6. The lowest BCUT2D eigenvalue weighted by molar-refractivity contribution is 0.219. The van der Waals surface area contributed by atoms with Gasteiger partial charge in [-0.25, -0.2) is 4.39 Å². The standard InChI is InChI=1S/C13H8Br2ClFO/c14-7-1-4-11(15)10(5-7)13(18)9-3-2-8(17)6-12(9)16/h1-6,13,18H. The average Bonchev–Trinajstić information content (AvgIpc) is 2.31. The molecule has 0 aliphatic carbocycles. The molecule has 0 fully saturated rings. The van der Waals surface area contributed by atoms with Crippen LogP contribution >= 0.6 is 43.5 Å². The summed E-state index contributed by atoms with van der Waals surface area (Å²) in [5.74, 6) is -0.427. The topological polar surface area (TPSA) is 20.2 Å². The third-order valence-electron chi connectivity index (χ3n) is 2.51. The zero-order valence-corrected chi connectivity index (χ0v) is 12.9. The Morgan fingerprint density at radius 2 is 1.78 bits per heavy atom. The quantitative estimate of drug-likeness (QED) is 0.753. The van der Waals surface area contributed by atoms with Crippen LogP contribution in [0.25, 0.3) is 0 Å². The lowest BCUT2D eigenvalue weighted by Crippen LogP contribution is -2.02. The number of aliphatic hydroxyl groups is 1. The Morgan fingerprint density at radius 1 is 1.06 bits per heavy atom. The number of halogens is 4. The molecule has 0 spiro atoms. The van der Waals surface area contributed by atoms with E-state index >= 15 is 0 Å². The van der Waals surface area contributed by atoms with Crippen LogP contribution in [0.4, 0.5) is 4.39 Å². The maximum atomic E-state index is 13.0. The molecule has 0 heterocycles. The highest BCUT2D eigenvalue weighted by Gasteiger charge is 2.17. The summed E-state index contributed by atoms with van der Waals surface area (Å²) in [6.45, 7) is 0. The maximum Gasteiger partial charge on any atom is 0.124 e. The van der Waals surface area contributed by atoms with Gasteiger partial charge in [0.25, 0.3) is 0 Å². The van der Waals surface area contributed by atoms with Crippen LogP contribution in [0.15, 0.2) is 45.3 Å². The molecule has 1 atom stereocenters. The molecule has 0 saturated heterocycles. The monoisotopic (exact) mass is 392 g/mol. The summed E-state index contributed by atoms with van der Waals surface area (Å²) in [7, 11) is 0. The third-order valence-corrected chi connectivity index (χ3v) is 4.05. The lowest BCUT2D eigenvalue weighted by Gasteiger charge is -2.15. The molecule has 0 radical (unpaired) electrons. The first kappa shape index (κ1) is 14.0. The fourth-order valence-corrected chi connectivity index (χ4v) is 2.73. The van der Waals surface area contributed by atoms with Gasteiger partial charge in [-0.15, -0.1) is 0 Å². The smallest absolute Gasteiger partial charge is 0.124 e. The van der Waals surface area contributed by atoms with Gasteiger partial charge >= 0.3 is 0 Å². The normalized spacial score (nSPS) is 12.5. The second-order valence-electron chi connectivity index (χ2n) is 3.73. The van der Waals surface area contributed by atoms with Gasteiger partial charge in [0.15, 0.2) is 0 Å². The van der Waals surface area contributed by atoms with Crippen molar-refractivity contribution in [2.45, 2.75) is 6.10 Å². The highest BCUT2D eigenvalue weighted by Crippen LogP contribution is 2.34. The van der Waals surface area contributed by atoms with Crippen molar-refractivity contribution < 1.29 is 9.50 Å². The maximum absolute atomic E-state index is 13.0. The molecule has 0 amide bonds. The van der Waals surface area contributed by atoms with Crippen molar-refractivity contribution in [1.82, 2.24) is 0 Å². The Balaban J connectivity index is 2.47. The highest BCUT2D eigenvalue weighted by molar-refractivity contribution is 9.11. The van der Waals surface area contributed by atoms with E-state index in [1.54, 1.807) is 6.07 Å². The van der Waals surface area contributed by atoms with Gasteiger partial charge in [0, 0.05) is 25.1 Å². The number of hydrogen-bond acceptors (Lipinski definition) is 1. The number of rotatable bonds is 2. The Bertz CT molecular complexity index is 589. The summed E-state index contributed by atoms with van der Waals surface area (Å²) >= 11 is 12.7. The van der Waals surface area contributed by atoms with Crippen LogP contribution in [0.1, 0.15) is 17.2 Å². The van der Waals surface area contributed by atoms with E-state index in [9.17, 15) is 9.50 Å². The summed E-state index contributed by atoms with van der Waals surface area (Å²) in [6.07, 6.45) is -0.912. The summed E-state index contributed by atoms with van der Waals surface area (Å²) in [4.78, 5) is 0. The Labute approximate surface area is 126 Å². The SMILES string of the molecule is OC(c1ccc(F)cc1Cl)c1cc(Br)ccc1Br. The van der Waals surface area contributed by atoms with Gasteiger partial charge in [-0.2, -0.15) is 0 Å². The molecular formula is C13H8Br2ClFO. The zero-order chi connectivity index (χ0) is 13.3. The van der Waals surface area contributed by atoms with Crippen molar-refractivity contribution in [3.63, 3.8) is 0 Å². The molecule has 0 bridgehead atoms. The van der Waals surface area contributed by atoms with Crippen LogP contribution in [0, 0.1) is 5.82 Å². The second kappa shape index (κ2) is 5.70. The van der Waals surface area contributed by atoms with Crippen LogP contribution in [0.5, 0.6) is 0 Å². The molecule has 0 saturated carbocycles. The van der Waals surface area contributed by atoms with Crippen molar-refractivity contribution in [2.75, 3.05) is 0 Å². The van der Waals surface area contributed by atoms with Gasteiger partial charge < -0.3 is 5.11 Å². The van der Waals surface area contributed by atoms with E-state index in [0.717, 1.165) is 8.95 Å². The van der Waals surface area contributed by atoms with E-state index in [2.05, 4.69) is 31.9 Å². The Morgan fingerprint density at radius 3 is 2.44 bits per heavy atom. The van der Waals surface area contributed by atoms with E-state index in [0.29, 0.717) is 11.1 Å². The molecule has 2 aromatic carbocycles. The molecule has 0 aliphatic rings. The van der Waals surface area contributed by atoms with Crippen molar-refractivity contribution >= 4 is 43.5 Å². The summed E-state index contributed by atoms with van der Waals surface area (Å²) in [5.41, 5.74) is 1.13. The Hall–Kier alpha value is -0.420. The van der Waals surface area contributed by atoms with E-state index in [1.165, 1.54) is 18.2 Å². The molecule has 2 aromatic rings. The highest BCUT2D eigenvalue weighted by atomic mass is 79.9. The predicted octanol–water partition coefficient (Wildman–Crippen LogP) is 5.09. The number of aliphatic hydroxyl groups excluding tert-OH is 1. The van der Waals surface area contributed by atoms with E-state index < -0.39 is 11.9 Å². The van der Waals surface area contributed by atoms with Crippen molar-refractivity contribution in [3.8, 4) is 0 Å². The van der Waals surface area contributed by atoms with Crippen molar-refractivity contribution in [3.05, 3.63) is 67.3 Å². The predicted molar refractivity (Wildman–Crippen MR) is 77.3 cm³/mol. The van der Waals surface area contributed by atoms with Crippen LogP contribution < -0.4 is 0 Å². The van der Waals surface area contributed by atoms with E-state index in [1.807, 2.05) is 12.1 Å². The molecule has 94 valence electrons. The van der Waals surface area contributed by atoms with Crippen LogP contribution in [-0.4, -0.2) is 5.11 Å². The zero-order valence-electron chi connectivity index (χ0n) is 9.00. The summed E-state index contributed by atoms with van der Waals surface area (Å²) in [5, 5.41) is 10.5. The van der Waals surface area contributed by atoms with E-state index in [-0.39, 0.29) is 5.02 Å². The van der Waals surface area contributed by atoms with Gasteiger partial charge in [-0.05, 0) is 30.3 Å². The Kier molecular flexibility index (Phi) is 4.43. The van der Waals surface area contributed by atoms with E-state index in [4.69, 9.17) is 11.6 Å². The second-order valence-corrected chi connectivity index (χ2v) is 5.91. The fraction of sp³-hybridized carbons (Fsp3) is 0.0769. The molecule has 18 heavy (non-hydrogen) atoms. The summed E-state index contributed by atoms with van der Waals surface area (Å²) in [6, 6.07) is 9.40. The molecule has 0 aliphatic heterocycles. The minimum Gasteiger partial charge on any atom is -0.384 e. The van der Waals surface area contributed by atoms with Gasteiger partial charge in [0.05, 0.1) is 0 Å². The first-order chi connectivity index (χ1) is 8.49. The minimum atomic E-state index is -0.912. The number of benzene rings is 2. The molecule has 2 rings (SSSR count). The van der Waals surface area contributed by atoms with Gasteiger partial charge in [-0.3, -0.25) is 0 Å². The molecule has 5 heteroatoms. The van der Waals surface area contributed by atoms with Crippen LogP contribution in [0.2, 0.25) is 5.02 Å².